The molecule has 0 aromatic heterocycles. The second-order valence-electron chi connectivity index (χ2n) is 4.49. The van der Waals surface area contributed by atoms with Gasteiger partial charge < -0.3 is 10.5 Å². The van der Waals surface area contributed by atoms with Crippen LogP contribution in [0.5, 0.6) is 5.75 Å². The van der Waals surface area contributed by atoms with E-state index in [-0.39, 0.29) is 11.9 Å². The van der Waals surface area contributed by atoms with Gasteiger partial charge in [-0.3, -0.25) is 0 Å². The lowest BCUT2D eigenvalue weighted by Gasteiger charge is -2.24. The molecular formula is C15H14BrClFNO. The fraction of sp³-hybridized carbons (Fsp3) is 0.200. The summed E-state index contributed by atoms with van der Waals surface area (Å²) in [5.41, 5.74) is 6.75. The van der Waals surface area contributed by atoms with Gasteiger partial charge in [0, 0.05) is 22.7 Å². The molecule has 0 aliphatic carbocycles. The molecule has 0 aliphatic heterocycles. The van der Waals surface area contributed by atoms with E-state index in [0.29, 0.717) is 15.2 Å². The van der Waals surface area contributed by atoms with Crippen LogP contribution in [0.15, 0.2) is 46.9 Å². The van der Waals surface area contributed by atoms with E-state index >= 15 is 0 Å². The number of rotatable bonds is 4. The molecule has 0 amide bonds. The third kappa shape index (κ3) is 3.51. The van der Waals surface area contributed by atoms with Crippen molar-refractivity contribution in [2.24, 2.45) is 5.73 Å². The highest BCUT2D eigenvalue weighted by atomic mass is 79.9. The van der Waals surface area contributed by atoms with Crippen LogP contribution < -0.4 is 10.5 Å². The quantitative estimate of drug-likeness (QED) is 0.859. The van der Waals surface area contributed by atoms with Crippen LogP contribution in [0.25, 0.3) is 0 Å². The predicted octanol–water partition coefficient (Wildman–Crippen LogP) is 4.71. The Morgan fingerprint density at radius 3 is 2.55 bits per heavy atom. The average molecular weight is 359 g/mol. The van der Waals surface area contributed by atoms with E-state index in [1.807, 2.05) is 25.1 Å². The molecule has 0 saturated carbocycles. The Balaban J connectivity index is 2.31. The number of ether oxygens (including phenoxy) is 1. The van der Waals surface area contributed by atoms with Crippen molar-refractivity contribution in [3.63, 3.8) is 0 Å². The van der Waals surface area contributed by atoms with Crippen LogP contribution in [0, 0.1) is 5.82 Å². The molecule has 2 nitrogen and oxygen atoms in total. The normalized spacial score (nSPS) is 13.8. The van der Waals surface area contributed by atoms with Gasteiger partial charge in [-0.25, -0.2) is 4.39 Å². The molecule has 0 aliphatic rings. The van der Waals surface area contributed by atoms with Crippen molar-refractivity contribution < 1.29 is 9.13 Å². The maximum atomic E-state index is 13.5. The number of nitrogens with two attached hydrogens (primary N) is 1. The van der Waals surface area contributed by atoms with E-state index in [2.05, 4.69) is 15.9 Å². The largest absolute Gasteiger partial charge is 0.484 e. The minimum atomic E-state index is -0.440. The minimum absolute atomic E-state index is 0.290. The van der Waals surface area contributed by atoms with E-state index in [0.717, 1.165) is 5.56 Å². The second-order valence-corrected chi connectivity index (χ2v) is 5.76. The van der Waals surface area contributed by atoms with Gasteiger partial charge in [0.05, 0.1) is 4.47 Å². The summed E-state index contributed by atoms with van der Waals surface area (Å²) >= 11 is 9.27. The number of benzene rings is 2. The maximum Gasteiger partial charge on any atom is 0.141 e. The van der Waals surface area contributed by atoms with Gasteiger partial charge in [-0.1, -0.05) is 29.8 Å². The van der Waals surface area contributed by atoms with Crippen LogP contribution in [0.4, 0.5) is 4.39 Å². The molecule has 2 N–H and O–H groups in total. The van der Waals surface area contributed by atoms with Crippen molar-refractivity contribution in [2.75, 3.05) is 0 Å². The number of hydrogen-bond acceptors (Lipinski definition) is 2. The van der Waals surface area contributed by atoms with E-state index < -0.39 is 6.10 Å². The standard InChI is InChI=1S/C15H14BrClFNO/c1-9(19)15(11-4-2-3-5-13(11)17)20-10-6-7-12(16)14(18)8-10/h2-9,15H,19H2,1H3. The lowest BCUT2D eigenvalue weighted by Crippen LogP contribution is -2.29. The summed E-state index contributed by atoms with van der Waals surface area (Å²) in [5, 5.41) is 0.576. The Morgan fingerprint density at radius 2 is 1.95 bits per heavy atom. The lowest BCUT2D eigenvalue weighted by atomic mass is 10.0. The predicted molar refractivity (Wildman–Crippen MR) is 82.6 cm³/mol. The number of halogens is 3. The van der Waals surface area contributed by atoms with Gasteiger partial charge in [-0.15, -0.1) is 0 Å². The molecular weight excluding hydrogens is 345 g/mol. The Kier molecular flexibility index (Phi) is 5.02. The van der Waals surface area contributed by atoms with Crippen molar-refractivity contribution in [1.29, 1.82) is 0 Å². The zero-order valence-corrected chi connectivity index (χ0v) is 13.2. The second kappa shape index (κ2) is 6.57. The molecule has 0 radical (unpaired) electrons. The van der Waals surface area contributed by atoms with Gasteiger partial charge in [-0.2, -0.15) is 0 Å². The van der Waals surface area contributed by atoms with Gasteiger partial charge in [-0.05, 0) is 41.1 Å². The molecule has 2 aromatic carbocycles. The van der Waals surface area contributed by atoms with E-state index in [1.54, 1.807) is 18.2 Å². The molecule has 2 atom stereocenters. The Bertz CT molecular complexity index is 606. The highest BCUT2D eigenvalue weighted by molar-refractivity contribution is 9.10. The topological polar surface area (TPSA) is 35.2 Å². The van der Waals surface area contributed by atoms with Crippen LogP contribution in [-0.2, 0) is 0 Å². The van der Waals surface area contributed by atoms with Gasteiger partial charge in [0.1, 0.15) is 17.7 Å². The van der Waals surface area contributed by atoms with Gasteiger partial charge in [0.2, 0.25) is 0 Å². The maximum absolute atomic E-state index is 13.5. The van der Waals surface area contributed by atoms with Crippen LogP contribution in [0.3, 0.4) is 0 Å². The van der Waals surface area contributed by atoms with Crippen molar-refractivity contribution in [3.8, 4) is 5.75 Å². The molecule has 2 unspecified atom stereocenters. The third-order valence-corrected chi connectivity index (χ3v) is 3.83. The summed E-state index contributed by atoms with van der Waals surface area (Å²) < 4.78 is 19.7. The van der Waals surface area contributed by atoms with E-state index in [1.165, 1.54) is 6.07 Å². The number of hydrogen-bond donors (Lipinski definition) is 1. The van der Waals surface area contributed by atoms with Crippen molar-refractivity contribution in [3.05, 3.63) is 63.3 Å². The summed E-state index contributed by atoms with van der Waals surface area (Å²) in [4.78, 5) is 0. The lowest BCUT2D eigenvalue weighted by molar-refractivity contribution is 0.180. The van der Waals surface area contributed by atoms with Crippen molar-refractivity contribution in [1.82, 2.24) is 0 Å². The fourth-order valence-electron chi connectivity index (χ4n) is 1.86. The molecule has 0 bridgehead atoms. The van der Waals surface area contributed by atoms with Crippen LogP contribution >= 0.6 is 27.5 Å². The zero-order valence-electron chi connectivity index (χ0n) is 10.8. The average Bonchev–Trinajstić information content (AvgIpc) is 2.41. The first kappa shape index (κ1) is 15.3. The molecule has 106 valence electrons. The molecule has 2 rings (SSSR count). The molecule has 20 heavy (non-hydrogen) atoms. The first-order chi connectivity index (χ1) is 9.49. The molecule has 0 fully saturated rings. The Labute approximate surface area is 130 Å². The highest BCUT2D eigenvalue weighted by Crippen LogP contribution is 2.30. The minimum Gasteiger partial charge on any atom is -0.484 e. The van der Waals surface area contributed by atoms with Crippen LogP contribution in [-0.4, -0.2) is 6.04 Å². The summed E-state index contributed by atoms with van der Waals surface area (Å²) in [6, 6.07) is 11.6. The molecule has 0 heterocycles. The molecule has 5 heteroatoms. The van der Waals surface area contributed by atoms with E-state index in [4.69, 9.17) is 22.1 Å². The van der Waals surface area contributed by atoms with Gasteiger partial charge >= 0.3 is 0 Å². The van der Waals surface area contributed by atoms with Crippen molar-refractivity contribution in [2.45, 2.75) is 19.1 Å². The zero-order chi connectivity index (χ0) is 14.7. The molecule has 2 aromatic rings. The summed E-state index contributed by atoms with van der Waals surface area (Å²) in [5.74, 6) is 0.0259. The SMILES string of the molecule is CC(N)C(Oc1ccc(Br)c(F)c1)c1ccccc1Cl. The van der Waals surface area contributed by atoms with Crippen LogP contribution in [0.2, 0.25) is 5.02 Å². The summed E-state index contributed by atoms with van der Waals surface area (Å²) in [7, 11) is 0. The Hall–Kier alpha value is -1.10. The third-order valence-electron chi connectivity index (χ3n) is 2.84. The fourth-order valence-corrected chi connectivity index (χ4v) is 2.35. The summed E-state index contributed by atoms with van der Waals surface area (Å²) in [6.07, 6.45) is -0.440. The molecule has 0 saturated heterocycles. The smallest absolute Gasteiger partial charge is 0.141 e. The van der Waals surface area contributed by atoms with Gasteiger partial charge in [0.15, 0.2) is 0 Å². The van der Waals surface area contributed by atoms with Gasteiger partial charge in [0.25, 0.3) is 0 Å². The first-order valence-electron chi connectivity index (χ1n) is 6.10. The van der Waals surface area contributed by atoms with Crippen LogP contribution in [0.1, 0.15) is 18.6 Å². The Morgan fingerprint density at radius 1 is 1.25 bits per heavy atom. The van der Waals surface area contributed by atoms with E-state index in [9.17, 15) is 4.39 Å². The van der Waals surface area contributed by atoms with Crippen molar-refractivity contribution >= 4 is 27.5 Å². The highest BCUT2D eigenvalue weighted by Gasteiger charge is 2.21. The monoisotopic (exact) mass is 357 g/mol. The summed E-state index contributed by atoms with van der Waals surface area (Å²) in [6.45, 7) is 1.82. The molecule has 0 spiro atoms. The first-order valence-corrected chi connectivity index (χ1v) is 7.28.